The number of unbranched alkanes of at least 4 members (excludes halogenated alkanes) is 1. The van der Waals surface area contributed by atoms with Crippen LogP contribution in [0.2, 0.25) is 0 Å². The molecule has 7 aromatic rings. The van der Waals surface area contributed by atoms with Crippen LogP contribution in [0, 0.1) is 0 Å². The van der Waals surface area contributed by atoms with E-state index < -0.39 is 0 Å². The maximum absolute atomic E-state index is 11.0. The summed E-state index contributed by atoms with van der Waals surface area (Å²) in [7, 11) is 2.02. The first kappa shape index (κ1) is 27.3. The minimum atomic E-state index is 0.142. The minimum Gasteiger partial charge on any atom is -0.507 e. The molecule has 0 saturated heterocycles. The number of rotatable bonds is 7. The van der Waals surface area contributed by atoms with Gasteiger partial charge in [0.2, 0.25) is 0 Å². The van der Waals surface area contributed by atoms with Crippen LogP contribution in [-0.4, -0.2) is 31.8 Å². The highest BCUT2D eigenvalue weighted by molar-refractivity contribution is 6.11. The molecule has 4 N–H and O–H groups in total. The van der Waals surface area contributed by atoms with Gasteiger partial charge in [-0.2, -0.15) is 0 Å². The number of aromatic nitrogens is 2. The normalized spacial score (nSPS) is 12.2. The van der Waals surface area contributed by atoms with Crippen molar-refractivity contribution < 1.29 is 10.2 Å². The van der Waals surface area contributed by atoms with E-state index in [0.29, 0.717) is 28.2 Å². The fourth-order valence-corrected chi connectivity index (χ4v) is 6.10. The highest BCUT2D eigenvalue weighted by Gasteiger charge is 2.14. The van der Waals surface area contributed by atoms with Crippen LogP contribution in [0.5, 0.6) is 11.5 Å². The number of benzene rings is 5. The molecule has 5 aromatic carbocycles. The SMILES string of the molecule is CCCCn1c2ccccc2c2cc(O)c(C=Nc3ccc(N)cc3N=Cc3cc4c(cc3O)c3ccccc3n4C)cc21. The van der Waals surface area contributed by atoms with Gasteiger partial charge in [0.15, 0.2) is 0 Å². The highest BCUT2D eigenvalue weighted by atomic mass is 16.3. The molecule has 0 fully saturated rings. The number of nitrogens with two attached hydrogens (primary N) is 1. The van der Waals surface area contributed by atoms with Crippen LogP contribution in [0.4, 0.5) is 17.1 Å². The Morgan fingerprint density at radius 2 is 1.25 bits per heavy atom. The first-order valence-corrected chi connectivity index (χ1v) is 14.8. The van der Waals surface area contributed by atoms with Gasteiger partial charge in [-0.1, -0.05) is 49.7 Å². The molecule has 0 radical (unpaired) electrons. The number of nitrogen functional groups attached to an aromatic ring is 1. The predicted molar refractivity (Wildman–Crippen MR) is 183 cm³/mol. The minimum absolute atomic E-state index is 0.142. The second-order valence-electron chi connectivity index (χ2n) is 11.2. The molecule has 0 aliphatic heterocycles. The molecule has 44 heavy (non-hydrogen) atoms. The Balaban J connectivity index is 1.26. The average Bonchev–Trinajstić information content (AvgIpc) is 3.48. The van der Waals surface area contributed by atoms with E-state index in [9.17, 15) is 10.2 Å². The van der Waals surface area contributed by atoms with Gasteiger partial charge in [-0.05, 0) is 61.0 Å². The lowest BCUT2D eigenvalue weighted by Crippen LogP contribution is -1.97. The van der Waals surface area contributed by atoms with Crippen LogP contribution < -0.4 is 5.73 Å². The molecule has 0 aliphatic rings. The van der Waals surface area contributed by atoms with Crippen molar-refractivity contribution in [2.75, 3.05) is 5.73 Å². The summed E-state index contributed by atoms with van der Waals surface area (Å²) in [5.74, 6) is 0.302. The number of fused-ring (bicyclic) bond motifs is 6. The Hall–Kier alpha value is -5.56. The van der Waals surface area contributed by atoms with Crippen molar-refractivity contribution in [1.29, 1.82) is 0 Å². The number of para-hydroxylation sites is 2. The zero-order valence-electron chi connectivity index (χ0n) is 24.7. The van der Waals surface area contributed by atoms with Crippen LogP contribution >= 0.6 is 0 Å². The Bertz CT molecular complexity index is 2270. The molecule has 0 aliphatic carbocycles. The Kier molecular flexibility index (Phi) is 6.78. The fourth-order valence-electron chi connectivity index (χ4n) is 6.10. The quantitative estimate of drug-likeness (QED) is 0.130. The molecule has 7 nitrogen and oxygen atoms in total. The molecule has 2 heterocycles. The molecule has 0 amide bonds. The number of phenolic OH excluding ortho intramolecular Hbond substituents is 2. The average molecular weight is 580 g/mol. The van der Waals surface area contributed by atoms with Gasteiger partial charge in [0.1, 0.15) is 11.5 Å². The summed E-state index contributed by atoms with van der Waals surface area (Å²) >= 11 is 0. The molecule has 0 saturated carbocycles. The summed E-state index contributed by atoms with van der Waals surface area (Å²) in [6.45, 7) is 3.09. The first-order chi connectivity index (χ1) is 21.4. The summed E-state index contributed by atoms with van der Waals surface area (Å²) in [4.78, 5) is 9.42. The highest BCUT2D eigenvalue weighted by Crippen LogP contribution is 2.36. The number of hydrogen-bond acceptors (Lipinski definition) is 5. The topological polar surface area (TPSA) is 101 Å². The van der Waals surface area contributed by atoms with Gasteiger partial charge >= 0.3 is 0 Å². The number of aliphatic imine (C=N–C) groups is 2. The maximum atomic E-state index is 11.0. The molecular weight excluding hydrogens is 546 g/mol. The number of phenols is 2. The van der Waals surface area contributed by atoms with Crippen LogP contribution in [0.1, 0.15) is 30.9 Å². The lowest BCUT2D eigenvalue weighted by Gasteiger charge is -2.08. The monoisotopic (exact) mass is 579 g/mol. The van der Waals surface area contributed by atoms with E-state index in [1.165, 1.54) is 0 Å². The third kappa shape index (κ3) is 4.63. The van der Waals surface area contributed by atoms with Gasteiger partial charge in [0, 0.05) is 80.9 Å². The maximum Gasteiger partial charge on any atom is 0.125 e. The summed E-state index contributed by atoms with van der Waals surface area (Å²) in [6.07, 6.45) is 5.46. The molecule has 218 valence electrons. The lowest BCUT2D eigenvalue weighted by molar-refractivity contribution is 0.475. The molecule has 0 unspecified atom stereocenters. The number of aryl methyl sites for hydroxylation is 2. The number of aromatic hydroxyl groups is 2. The smallest absolute Gasteiger partial charge is 0.125 e. The lowest BCUT2D eigenvalue weighted by atomic mass is 10.1. The van der Waals surface area contributed by atoms with E-state index in [-0.39, 0.29) is 11.5 Å². The second kappa shape index (κ2) is 10.9. The number of nitrogens with zero attached hydrogens (tertiary/aromatic N) is 4. The zero-order chi connectivity index (χ0) is 30.4. The Labute approximate surface area is 254 Å². The van der Waals surface area contributed by atoms with Crippen LogP contribution in [0.25, 0.3) is 43.6 Å². The van der Waals surface area contributed by atoms with Crippen molar-refractivity contribution in [3.05, 3.63) is 102 Å². The molecule has 0 atom stereocenters. The summed E-state index contributed by atoms with van der Waals surface area (Å²) < 4.78 is 4.44. The fraction of sp³-hybridized carbons (Fsp3) is 0.135. The van der Waals surface area contributed by atoms with Crippen LogP contribution in [-0.2, 0) is 13.6 Å². The summed E-state index contributed by atoms with van der Waals surface area (Å²) in [6, 6.07) is 29.3. The molecule has 0 spiro atoms. The van der Waals surface area contributed by atoms with Gasteiger partial charge in [-0.15, -0.1) is 0 Å². The van der Waals surface area contributed by atoms with Gasteiger partial charge in [0.05, 0.1) is 16.9 Å². The van der Waals surface area contributed by atoms with Gasteiger partial charge < -0.3 is 25.1 Å². The molecule has 0 bridgehead atoms. The van der Waals surface area contributed by atoms with E-state index in [2.05, 4.69) is 46.4 Å². The van der Waals surface area contributed by atoms with E-state index in [1.807, 2.05) is 43.4 Å². The first-order valence-electron chi connectivity index (χ1n) is 14.8. The molecule has 2 aromatic heterocycles. The van der Waals surface area contributed by atoms with Crippen molar-refractivity contribution in [2.45, 2.75) is 26.3 Å². The van der Waals surface area contributed by atoms with Gasteiger partial charge in [-0.3, -0.25) is 9.98 Å². The van der Waals surface area contributed by atoms with Crippen molar-refractivity contribution in [1.82, 2.24) is 9.13 Å². The van der Waals surface area contributed by atoms with E-state index in [0.717, 1.165) is 63.0 Å². The molecule has 7 rings (SSSR count). The van der Waals surface area contributed by atoms with E-state index >= 15 is 0 Å². The van der Waals surface area contributed by atoms with Crippen molar-refractivity contribution in [2.24, 2.45) is 17.0 Å². The molecular formula is C37H33N5O2. The predicted octanol–water partition coefficient (Wildman–Crippen LogP) is 8.73. The Morgan fingerprint density at radius 3 is 1.95 bits per heavy atom. The van der Waals surface area contributed by atoms with Crippen LogP contribution in [0.3, 0.4) is 0 Å². The summed E-state index contributed by atoms with van der Waals surface area (Å²) in [5.41, 5.74) is 13.3. The van der Waals surface area contributed by atoms with Gasteiger partial charge in [0.25, 0.3) is 0 Å². The third-order valence-electron chi connectivity index (χ3n) is 8.40. The largest absolute Gasteiger partial charge is 0.507 e. The summed E-state index contributed by atoms with van der Waals surface area (Å²) in [5, 5.41) is 26.1. The van der Waals surface area contributed by atoms with E-state index in [4.69, 9.17) is 15.7 Å². The van der Waals surface area contributed by atoms with Crippen molar-refractivity contribution >= 4 is 73.1 Å². The van der Waals surface area contributed by atoms with Crippen LogP contribution in [0.15, 0.2) is 101 Å². The van der Waals surface area contributed by atoms with Gasteiger partial charge in [-0.25, -0.2) is 0 Å². The standard InChI is InChI=1S/C37H33N5O2/c1-3-4-15-42-33-12-8-6-10-27(33)29-20-37(44)24(17-35(29)42)21-39-30-14-13-25(38)18-31(30)40-22-23-16-34-28(19-36(23)43)26-9-5-7-11-32(26)41(34)2/h5-14,16-22,43-44H,3-4,15,38H2,1-2H3. The van der Waals surface area contributed by atoms with Crippen molar-refractivity contribution in [3.63, 3.8) is 0 Å². The van der Waals surface area contributed by atoms with E-state index in [1.54, 1.807) is 36.7 Å². The third-order valence-corrected chi connectivity index (χ3v) is 8.40. The zero-order valence-corrected chi connectivity index (χ0v) is 24.7. The number of hydrogen-bond donors (Lipinski definition) is 3. The second-order valence-corrected chi connectivity index (χ2v) is 11.2. The number of anilines is 1. The molecule has 7 heteroatoms. The Morgan fingerprint density at radius 1 is 0.659 bits per heavy atom. The van der Waals surface area contributed by atoms with Crippen molar-refractivity contribution in [3.8, 4) is 11.5 Å².